The second kappa shape index (κ2) is 13.9. The van der Waals surface area contributed by atoms with Crippen LogP contribution in [0.4, 0.5) is 0 Å². The standard InChI is InChI=1S/C30H37N7O4/c1-2-5-24(6-3-1)25-21-28-32-29(22-25)37-11-8-27(34-37)30-31-9-4-14-38-17-18-39-15-12-35(13-16-40-19-20-41-30)23-26-7-10-36(28)33-26/h1-3,5-8,10-11,21-22,30-31H,4,9,12-20,23H2. The van der Waals surface area contributed by atoms with Crippen molar-refractivity contribution in [3.63, 3.8) is 0 Å². The van der Waals surface area contributed by atoms with Crippen molar-refractivity contribution in [2.75, 3.05) is 65.9 Å². The first kappa shape index (κ1) is 27.7. The first-order valence-corrected chi connectivity index (χ1v) is 14.3. The molecule has 4 aromatic rings. The van der Waals surface area contributed by atoms with Crippen LogP contribution in [0.2, 0.25) is 0 Å². The van der Waals surface area contributed by atoms with Crippen LogP contribution in [-0.2, 0) is 25.5 Å². The van der Waals surface area contributed by atoms with Crippen LogP contribution in [0.15, 0.2) is 67.0 Å². The van der Waals surface area contributed by atoms with Gasteiger partial charge in [0, 0.05) is 45.2 Å². The van der Waals surface area contributed by atoms with Gasteiger partial charge in [0.15, 0.2) is 17.9 Å². The molecule has 2 atom stereocenters. The third-order valence-corrected chi connectivity index (χ3v) is 7.07. The van der Waals surface area contributed by atoms with Gasteiger partial charge in [-0.15, -0.1) is 0 Å². The monoisotopic (exact) mass is 559 g/mol. The third-order valence-electron chi connectivity index (χ3n) is 7.07. The summed E-state index contributed by atoms with van der Waals surface area (Å²) >= 11 is 0. The van der Waals surface area contributed by atoms with Crippen LogP contribution < -0.4 is 5.32 Å². The summed E-state index contributed by atoms with van der Waals surface area (Å²) < 4.78 is 27.4. The third kappa shape index (κ3) is 7.45. The molecule has 1 aromatic carbocycles. The molecule has 0 spiro atoms. The molecule has 0 aliphatic carbocycles. The highest BCUT2D eigenvalue weighted by Crippen LogP contribution is 2.24. The van der Waals surface area contributed by atoms with Crippen molar-refractivity contribution in [2.24, 2.45) is 0 Å². The lowest BCUT2D eigenvalue weighted by Crippen LogP contribution is -2.32. The molecule has 0 radical (unpaired) electrons. The quantitative estimate of drug-likeness (QED) is 0.353. The van der Waals surface area contributed by atoms with Gasteiger partial charge in [-0.2, -0.15) is 10.2 Å². The molecule has 1 N–H and O–H groups in total. The lowest BCUT2D eigenvalue weighted by molar-refractivity contribution is -0.0212. The number of rotatable bonds is 1. The highest BCUT2D eigenvalue weighted by Gasteiger charge is 2.18. The molecule has 11 nitrogen and oxygen atoms in total. The lowest BCUT2D eigenvalue weighted by Gasteiger charge is -2.22. The van der Waals surface area contributed by atoms with Crippen molar-refractivity contribution in [3.8, 4) is 22.8 Å². The van der Waals surface area contributed by atoms with Gasteiger partial charge in [-0.1, -0.05) is 30.3 Å². The van der Waals surface area contributed by atoms with Gasteiger partial charge in [-0.05, 0) is 41.8 Å². The Bertz CT molecular complexity index is 1380. The van der Waals surface area contributed by atoms with E-state index >= 15 is 0 Å². The van der Waals surface area contributed by atoms with Gasteiger partial charge in [0.25, 0.3) is 0 Å². The van der Waals surface area contributed by atoms with Crippen LogP contribution in [0.1, 0.15) is 24.0 Å². The molecular weight excluding hydrogens is 522 g/mol. The second-order valence-electron chi connectivity index (χ2n) is 10.0. The summed E-state index contributed by atoms with van der Waals surface area (Å²) in [5.41, 5.74) is 3.85. The van der Waals surface area contributed by atoms with Crippen molar-refractivity contribution in [2.45, 2.75) is 19.2 Å². The molecule has 0 amide bonds. The molecule has 6 rings (SSSR count). The fraction of sp³-hybridized carbons (Fsp3) is 0.433. The number of pyridine rings is 1. The molecule has 2 unspecified atom stereocenters. The predicted octanol–water partition coefficient (Wildman–Crippen LogP) is 2.99. The van der Waals surface area contributed by atoms with E-state index in [9.17, 15) is 0 Å². The largest absolute Gasteiger partial charge is 0.379 e. The van der Waals surface area contributed by atoms with E-state index in [1.165, 1.54) is 0 Å². The summed E-state index contributed by atoms with van der Waals surface area (Å²) in [4.78, 5) is 7.27. The maximum atomic E-state index is 6.23. The Kier molecular flexibility index (Phi) is 9.42. The molecule has 1 saturated heterocycles. The summed E-state index contributed by atoms with van der Waals surface area (Å²) in [5.74, 6) is 1.42. The summed E-state index contributed by atoms with van der Waals surface area (Å²) in [7, 11) is 0. The molecule has 11 heteroatoms. The van der Waals surface area contributed by atoms with Crippen LogP contribution in [0, 0.1) is 0 Å². The minimum atomic E-state index is -0.386. The molecule has 41 heavy (non-hydrogen) atoms. The molecule has 3 aromatic heterocycles. The van der Waals surface area contributed by atoms with Crippen molar-refractivity contribution in [3.05, 3.63) is 78.4 Å². The van der Waals surface area contributed by atoms with Gasteiger partial charge < -0.3 is 18.9 Å². The summed E-state index contributed by atoms with van der Waals surface area (Å²) in [6, 6.07) is 18.4. The highest BCUT2D eigenvalue weighted by atomic mass is 16.5. The number of nitrogens with zero attached hydrogens (tertiary/aromatic N) is 6. The Morgan fingerprint density at radius 2 is 1.41 bits per heavy atom. The molecule has 1 fully saturated rings. The normalized spacial score (nSPS) is 21.5. The van der Waals surface area contributed by atoms with Gasteiger partial charge in [-0.25, -0.2) is 14.3 Å². The molecule has 2 aliphatic rings. The Hall–Kier alpha value is -3.45. The van der Waals surface area contributed by atoms with Crippen molar-refractivity contribution >= 4 is 0 Å². The maximum Gasteiger partial charge on any atom is 0.156 e. The topological polar surface area (TPSA) is 101 Å². The molecular formula is C30H37N7O4. The SMILES string of the molecule is c1ccc(-c2cc3nc(c2)-n2ccc(n2)C2NCCCOCCOCCN(CCOCCO2)Cc2ccn-3n2)cc1. The predicted molar refractivity (Wildman–Crippen MR) is 153 cm³/mol. The van der Waals surface area contributed by atoms with E-state index in [0.717, 1.165) is 54.4 Å². The van der Waals surface area contributed by atoms with Crippen molar-refractivity contribution in [1.82, 2.24) is 34.8 Å². The molecule has 2 aliphatic heterocycles. The van der Waals surface area contributed by atoms with E-state index in [1.54, 1.807) is 4.68 Å². The Morgan fingerprint density at radius 3 is 2.22 bits per heavy atom. The maximum absolute atomic E-state index is 6.23. The zero-order valence-corrected chi connectivity index (χ0v) is 23.2. The van der Waals surface area contributed by atoms with E-state index in [0.29, 0.717) is 58.6 Å². The Labute approximate surface area is 240 Å². The van der Waals surface area contributed by atoms with Crippen molar-refractivity contribution < 1.29 is 18.9 Å². The van der Waals surface area contributed by atoms with Gasteiger partial charge in [0.05, 0.1) is 45.3 Å². The highest BCUT2D eigenvalue weighted by molar-refractivity contribution is 5.66. The number of aromatic nitrogens is 5. The first-order chi connectivity index (χ1) is 20.3. The average Bonchev–Trinajstić information content (AvgIpc) is 3.68. The number of fused-ring (bicyclic) bond motifs is 16. The van der Waals surface area contributed by atoms with E-state index in [2.05, 4.69) is 28.4 Å². The van der Waals surface area contributed by atoms with Crippen LogP contribution in [0.3, 0.4) is 0 Å². The molecule has 216 valence electrons. The van der Waals surface area contributed by atoms with E-state index in [-0.39, 0.29) is 6.23 Å². The van der Waals surface area contributed by atoms with Gasteiger partial charge in [0.1, 0.15) is 5.69 Å². The van der Waals surface area contributed by atoms with Crippen LogP contribution in [-0.4, -0.2) is 95.3 Å². The average molecular weight is 560 g/mol. The zero-order chi connectivity index (χ0) is 27.7. The minimum absolute atomic E-state index is 0.386. The Morgan fingerprint density at radius 1 is 0.707 bits per heavy atom. The smallest absolute Gasteiger partial charge is 0.156 e. The van der Waals surface area contributed by atoms with Gasteiger partial charge >= 0.3 is 0 Å². The molecule has 5 heterocycles. The van der Waals surface area contributed by atoms with E-state index in [1.807, 2.05) is 53.5 Å². The van der Waals surface area contributed by atoms with Gasteiger partial charge in [0.2, 0.25) is 0 Å². The summed E-state index contributed by atoms with van der Waals surface area (Å²) in [6.07, 6.45) is 4.34. The lowest BCUT2D eigenvalue weighted by atomic mass is 10.1. The molecule has 8 bridgehead atoms. The van der Waals surface area contributed by atoms with Crippen LogP contribution in [0.5, 0.6) is 0 Å². The van der Waals surface area contributed by atoms with Crippen LogP contribution >= 0.6 is 0 Å². The fourth-order valence-electron chi connectivity index (χ4n) is 4.90. The van der Waals surface area contributed by atoms with Crippen molar-refractivity contribution in [1.29, 1.82) is 0 Å². The number of nitrogens with one attached hydrogen (secondary N) is 1. The number of benzene rings is 1. The zero-order valence-electron chi connectivity index (χ0n) is 23.2. The van der Waals surface area contributed by atoms with Gasteiger partial charge in [-0.3, -0.25) is 10.2 Å². The van der Waals surface area contributed by atoms with E-state index in [4.69, 9.17) is 34.1 Å². The minimum Gasteiger partial charge on any atom is -0.379 e. The number of hydrogen-bond acceptors (Lipinski definition) is 9. The number of hydrogen-bond donors (Lipinski definition) is 1. The second-order valence-corrected chi connectivity index (χ2v) is 10.0. The van der Waals surface area contributed by atoms with E-state index < -0.39 is 0 Å². The summed E-state index contributed by atoms with van der Waals surface area (Å²) in [6.45, 7) is 6.86. The molecule has 0 saturated carbocycles. The fourth-order valence-corrected chi connectivity index (χ4v) is 4.90. The summed E-state index contributed by atoms with van der Waals surface area (Å²) in [5, 5.41) is 13.3. The first-order valence-electron chi connectivity index (χ1n) is 14.3. The number of ether oxygens (including phenoxy) is 4. The Balaban J connectivity index is 1.39. The van der Waals surface area contributed by atoms with Crippen LogP contribution in [0.25, 0.3) is 22.8 Å².